The fourth-order valence-corrected chi connectivity index (χ4v) is 3.87. The van der Waals surface area contributed by atoms with E-state index in [1.54, 1.807) is 0 Å². The topological polar surface area (TPSA) is 15.3 Å². The highest BCUT2D eigenvalue weighted by atomic mass is 35.5. The van der Waals surface area contributed by atoms with E-state index in [0.717, 1.165) is 24.5 Å². The number of halogens is 1. The van der Waals surface area contributed by atoms with E-state index in [1.165, 1.54) is 23.2 Å². The number of fused-ring (bicyclic) bond motifs is 1. The average molecular weight is 323 g/mol. The van der Waals surface area contributed by atoms with Crippen molar-refractivity contribution in [3.05, 3.63) is 28.3 Å². The molecule has 0 spiro atoms. The maximum absolute atomic E-state index is 6.58. The quantitative estimate of drug-likeness (QED) is 0.787. The number of anilines is 1. The lowest BCUT2D eigenvalue weighted by atomic mass is 9.79. The molecule has 2 rings (SSSR count). The largest absolute Gasteiger partial charge is 0.366 e. The molecule has 0 saturated heterocycles. The van der Waals surface area contributed by atoms with Crippen molar-refractivity contribution in [2.45, 2.75) is 78.4 Å². The van der Waals surface area contributed by atoms with Crippen LogP contribution in [0, 0.1) is 0 Å². The van der Waals surface area contributed by atoms with E-state index in [0.29, 0.717) is 12.0 Å². The Bertz CT molecular complexity index is 522. The summed E-state index contributed by atoms with van der Waals surface area (Å²) in [5.41, 5.74) is 4.21. The monoisotopic (exact) mass is 322 g/mol. The molecule has 3 heteroatoms. The van der Waals surface area contributed by atoms with Crippen molar-refractivity contribution in [1.29, 1.82) is 0 Å². The Hall–Kier alpha value is -0.730. The number of rotatable bonds is 5. The van der Waals surface area contributed by atoms with Crippen LogP contribution in [-0.2, 0) is 6.54 Å². The fraction of sp³-hybridized carbons (Fsp3) is 0.684. The van der Waals surface area contributed by atoms with E-state index >= 15 is 0 Å². The summed E-state index contributed by atoms with van der Waals surface area (Å²) in [7, 11) is 0. The van der Waals surface area contributed by atoms with Gasteiger partial charge in [0.25, 0.3) is 0 Å². The first-order valence-corrected chi connectivity index (χ1v) is 8.97. The van der Waals surface area contributed by atoms with Crippen molar-refractivity contribution >= 4 is 17.3 Å². The van der Waals surface area contributed by atoms with Crippen LogP contribution in [0.25, 0.3) is 0 Å². The van der Waals surface area contributed by atoms with Gasteiger partial charge in [0.2, 0.25) is 0 Å². The van der Waals surface area contributed by atoms with Crippen molar-refractivity contribution in [2.75, 3.05) is 11.4 Å². The smallest absolute Gasteiger partial charge is 0.0471 e. The van der Waals surface area contributed by atoms with Crippen LogP contribution in [0.4, 0.5) is 5.69 Å². The summed E-state index contributed by atoms with van der Waals surface area (Å²) in [5, 5.41) is 4.37. The molecule has 0 fully saturated rings. The van der Waals surface area contributed by atoms with Gasteiger partial charge in [0.05, 0.1) is 0 Å². The van der Waals surface area contributed by atoms with Crippen LogP contribution >= 0.6 is 11.6 Å². The molecule has 0 saturated carbocycles. The predicted octanol–water partition coefficient (Wildman–Crippen LogP) is 5.34. The Morgan fingerprint density at radius 3 is 2.64 bits per heavy atom. The number of hydrogen-bond acceptors (Lipinski definition) is 2. The zero-order valence-electron chi connectivity index (χ0n) is 15.0. The standard InChI is InChI=1S/C19H31ClN2/c1-7-8-22-18-10-17(20)15(12-21-13(2)3)9-16(18)14(4)11-19(22,5)6/h9-10,13-14,21H,7-8,11-12H2,1-6H3/t14-/m0/s1. The minimum Gasteiger partial charge on any atom is -0.366 e. The maximum atomic E-state index is 6.58. The van der Waals surface area contributed by atoms with E-state index in [9.17, 15) is 0 Å². The zero-order chi connectivity index (χ0) is 16.5. The molecule has 1 aliphatic heterocycles. The summed E-state index contributed by atoms with van der Waals surface area (Å²) in [4.78, 5) is 2.55. The second-order valence-electron chi connectivity index (χ2n) is 7.61. The fourth-order valence-electron chi connectivity index (χ4n) is 3.65. The zero-order valence-corrected chi connectivity index (χ0v) is 15.7. The molecule has 1 aromatic rings. The molecule has 0 bridgehead atoms. The minimum atomic E-state index is 0.198. The lowest BCUT2D eigenvalue weighted by molar-refractivity contribution is 0.376. The summed E-state index contributed by atoms with van der Waals surface area (Å²) in [6.45, 7) is 15.6. The van der Waals surface area contributed by atoms with Crippen LogP contribution in [-0.4, -0.2) is 18.1 Å². The molecule has 1 aliphatic rings. The van der Waals surface area contributed by atoms with Gasteiger partial charge in [-0.1, -0.05) is 45.4 Å². The van der Waals surface area contributed by atoms with Gasteiger partial charge in [-0.15, -0.1) is 0 Å². The lowest BCUT2D eigenvalue weighted by Gasteiger charge is -2.48. The second kappa shape index (κ2) is 6.80. The first kappa shape index (κ1) is 17.6. The van der Waals surface area contributed by atoms with Gasteiger partial charge in [-0.2, -0.15) is 0 Å². The highest BCUT2D eigenvalue weighted by Gasteiger charge is 2.36. The molecule has 0 aliphatic carbocycles. The van der Waals surface area contributed by atoms with Gasteiger partial charge >= 0.3 is 0 Å². The summed E-state index contributed by atoms with van der Waals surface area (Å²) >= 11 is 6.58. The molecule has 0 amide bonds. The van der Waals surface area contributed by atoms with Crippen molar-refractivity contribution in [2.24, 2.45) is 0 Å². The van der Waals surface area contributed by atoms with Crippen LogP contribution in [0.5, 0.6) is 0 Å². The van der Waals surface area contributed by atoms with Crippen molar-refractivity contribution in [1.82, 2.24) is 5.32 Å². The predicted molar refractivity (Wildman–Crippen MR) is 98.2 cm³/mol. The first-order valence-electron chi connectivity index (χ1n) is 8.59. The Kier molecular flexibility index (Phi) is 5.45. The van der Waals surface area contributed by atoms with Crippen molar-refractivity contribution in [3.63, 3.8) is 0 Å². The molecule has 0 unspecified atom stereocenters. The number of benzene rings is 1. The highest BCUT2D eigenvalue weighted by molar-refractivity contribution is 6.31. The number of nitrogens with one attached hydrogen (secondary N) is 1. The van der Waals surface area contributed by atoms with Gasteiger partial charge < -0.3 is 10.2 Å². The molecule has 2 nitrogen and oxygen atoms in total. The molecule has 124 valence electrons. The van der Waals surface area contributed by atoms with Gasteiger partial charge in [0.1, 0.15) is 0 Å². The molecule has 0 aromatic heterocycles. The first-order chi connectivity index (χ1) is 10.3. The molecular weight excluding hydrogens is 292 g/mol. The third kappa shape index (κ3) is 3.60. The van der Waals surface area contributed by atoms with Crippen molar-refractivity contribution < 1.29 is 0 Å². The molecule has 0 radical (unpaired) electrons. The van der Waals surface area contributed by atoms with E-state index < -0.39 is 0 Å². The summed E-state index contributed by atoms with van der Waals surface area (Å²) in [5.74, 6) is 0.577. The Balaban J connectivity index is 2.41. The third-order valence-corrected chi connectivity index (χ3v) is 5.05. The van der Waals surface area contributed by atoms with E-state index in [4.69, 9.17) is 11.6 Å². The van der Waals surface area contributed by atoms with Crippen LogP contribution < -0.4 is 10.2 Å². The second-order valence-corrected chi connectivity index (χ2v) is 8.01. The molecule has 1 heterocycles. The Labute approximate surface area is 141 Å². The summed E-state index contributed by atoms with van der Waals surface area (Å²) < 4.78 is 0. The molecular formula is C19H31ClN2. The molecule has 1 N–H and O–H groups in total. The van der Waals surface area contributed by atoms with Crippen LogP contribution in [0.3, 0.4) is 0 Å². The van der Waals surface area contributed by atoms with Crippen LogP contribution in [0.1, 0.15) is 71.4 Å². The Morgan fingerprint density at radius 1 is 1.36 bits per heavy atom. The summed E-state index contributed by atoms with van der Waals surface area (Å²) in [6, 6.07) is 5.00. The van der Waals surface area contributed by atoms with E-state index in [-0.39, 0.29) is 5.54 Å². The molecule has 1 atom stereocenters. The number of hydrogen-bond donors (Lipinski definition) is 1. The van der Waals surface area contributed by atoms with Gasteiger partial charge in [0.15, 0.2) is 0 Å². The van der Waals surface area contributed by atoms with Gasteiger partial charge in [-0.3, -0.25) is 0 Å². The third-order valence-electron chi connectivity index (χ3n) is 4.70. The maximum Gasteiger partial charge on any atom is 0.0471 e. The van der Waals surface area contributed by atoms with Gasteiger partial charge in [0, 0.05) is 35.4 Å². The highest BCUT2D eigenvalue weighted by Crippen LogP contribution is 2.45. The normalized spacial score (nSPS) is 20.4. The Morgan fingerprint density at radius 2 is 2.05 bits per heavy atom. The van der Waals surface area contributed by atoms with E-state index in [2.05, 4.69) is 63.9 Å². The molecule has 22 heavy (non-hydrogen) atoms. The SMILES string of the molecule is CCCN1c2cc(Cl)c(CNC(C)C)cc2[C@@H](C)CC1(C)C. The van der Waals surface area contributed by atoms with Gasteiger partial charge in [-0.25, -0.2) is 0 Å². The van der Waals surface area contributed by atoms with Gasteiger partial charge in [-0.05, 0) is 49.8 Å². The van der Waals surface area contributed by atoms with Crippen molar-refractivity contribution in [3.8, 4) is 0 Å². The summed E-state index contributed by atoms with van der Waals surface area (Å²) in [6.07, 6.45) is 2.35. The number of nitrogens with zero attached hydrogens (tertiary/aromatic N) is 1. The minimum absolute atomic E-state index is 0.198. The van der Waals surface area contributed by atoms with Crippen LogP contribution in [0.2, 0.25) is 5.02 Å². The average Bonchev–Trinajstić information content (AvgIpc) is 2.41. The van der Waals surface area contributed by atoms with Crippen LogP contribution in [0.15, 0.2) is 12.1 Å². The molecule has 1 aromatic carbocycles. The lowest BCUT2D eigenvalue weighted by Crippen LogP contribution is -2.48. The van der Waals surface area contributed by atoms with E-state index in [1.807, 2.05) is 0 Å².